The second-order valence-electron chi connectivity index (χ2n) is 5.03. The highest BCUT2D eigenvalue weighted by Crippen LogP contribution is 2.35. The first-order valence-electron chi connectivity index (χ1n) is 6.51. The summed E-state index contributed by atoms with van der Waals surface area (Å²) in [5, 5.41) is 12.2. The zero-order chi connectivity index (χ0) is 14.1. The van der Waals surface area contributed by atoms with Crippen molar-refractivity contribution in [1.29, 1.82) is 5.26 Å². The third-order valence-corrected chi connectivity index (χ3v) is 3.61. The summed E-state index contributed by atoms with van der Waals surface area (Å²) in [5.41, 5.74) is 9.94. The van der Waals surface area contributed by atoms with Crippen LogP contribution < -0.4 is 11.1 Å². The maximum absolute atomic E-state index is 13.4. The Bertz CT molecular complexity index is 703. The number of anilines is 2. The van der Waals surface area contributed by atoms with Gasteiger partial charge in [-0.25, -0.2) is 4.39 Å². The molecule has 0 saturated heterocycles. The molecule has 0 spiro atoms. The molecule has 2 aromatic rings. The molecule has 20 heavy (non-hydrogen) atoms. The van der Waals surface area contributed by atoms with Gasteiger partial charge in [-0.05, 0) is 54.3 Å². The predicted octanol–water partition coefficient (Wildman–Crippen LogP) is 3.38. The van der Waals surface area contributed by atoms with E-state index < -0.39 is 5.82 Å². The van der Waals surface area contributed by atoms with Crippen LogP contribution >= 0.6 is 0 Å². The fraction of sp³-hybridized carbons (Fsp3) is 0.188. The molecule has 0 saturated carbocycles. The summed E-state index contributed by atoms with van der Waals surface area (Å²) in [6, 6.07) is 12.3. The Kier molecular flexibility index (Phi) is 3.03. The van der Waals surface area contributed by atoms with Crippen molar-refractivity contribution in [2.45, 2.75) is 18.9 Å². The van der Waals surface area contributed by atoms with Gasteiger partial charge in [-0.3, -0.25) is 0 Å². The SMILES string of the molecule is N#Cc1cc(F)cc(NC2CCc3cc(N)ccc32)c1. The molecule has 3 rings (SSSR count). The average Bonchev–Trinajstić information content (AvgIpc) is 2.80. The van der Waals surface area contributed by atoms with Crippen LogP contribution in [0.4, 0.5) is 15.8 Å². The molecule has 3 N–H and O–H groups in total. The number of nitrogens with two attached hydrogens (primary N) is 1. The molecule has 3 nitrogen and oxygen atoms in total. The monoisotopic (exact) mass is 267 g/mol. The summed E-state index contributed by atoms with van der Waals surface area (Å²) in [5.74, 6) is -0.401. The molecule has 0 aliphatic heterocycles. The van der Waals surface area contributed by atoms with Gasteiger partial charge in [0.15, 0.2) is 0 Å². The fourth-order valence-electron chi connectivity index (χ4n) is 2.73. The molecule has 4 heteroatoms. The Hall–Kier alpha value is -2.54. The van der Waals surface area contributed by atoms with Crippen molar-refractivity contribution in [2.75, 3.05) is 11.1 Å². The smallest absolute Gasteiger partial charge is 0.126 e. The van der Waals surface area contributed by atoms with E-state index in [9.17, 15) is 4.39 Å². The van der Waals surface area contributed by atoms with E-state index in [1.807, 2.05) is 24.3 Å². The summed E-state index contributed by atoms with van der Waals surface area (Å²) in [4.78, 5) is 0. The number of nitriles is 1. The van der Waals surface area contributed by atoms with Crippen LogP contribution in [-0.2, 0) is 6.42 Å². The third-order valence-electron chi connectivity index (χ3n) is 3.61. The van der Waals surface area contributed by atoms with Crippen LogP contribution in [0.5, 0.6) is 0 Å². The molecule has 0 aromatic heterocycles. The number of nitrogens with zero attached hydrogens (tertiary/aromatic N) is 1. The van der Waals surface area contributed by atoms with Crippen LogP contribution in [-0.4, -0.2) is 0 Å². The summed E-state index contributed by atoms with van der Waals surface area (Å²) in [6.07, 6.45) is 1.90. The Morgan fingerprint density at radius 1 is 1.25 bits per heavy atom. The minimum absolute atomic E-state index is 0.138. The van der Waals surface area contributed by atoms with E-state index in [0.717, 1.165) is 18.5 Å². The number of aryl methyl sites for hydroxylation is 1. The van der Waals surface area contributed by atoms with E-state index in [0.29, 0.717) is 11.3 Å². The van der Waals surface area contributed by atoms with Gasteiger partial charge in [-0.15, -0.1) is 0 Å². The third kappa shape index (κ3) is 2.30. The highest BCUT2D eigenvalue weighted by atomic mass is 19.1. The van der Waals surface area contributed by atoms with Crippen molar-refractivity contribution in [3.05, 3.63) is 58.9 Å². The molecule has 1 aliphatic rings. The lowest BCUT2D eigenvalue weighted by atomic mass is 10.1. The summed E-state index contributed by atoms with van der Waals surface area (Å²) < 4.78 is 13.4. The molecule has 1 atom stereocenters. The number of nitrogen functional groups attached to an aromatic ring is 1. The van der Waals surface area contributed by atoms with Crippen molar-refractivity contribution < 1.29 is 4.39 Å². The number of nitrogens with one attached hydrogen (secondary N) is 1. The molecular formula is C16H14FN3. The second kappa shape index (κ2) is 4.86. The van der Waals surface area contributed by atoms with Crippen molar-refractivity contribution in [2.24, 2.45) is 0 Å². The van der Waals surface area contributed by atoms with Crippen LogP contribution in [0.25, 0.3) is 0 Å². The summed E-state index contributed by atoms with van der Waals surface area (Å²) in [6.45, 7) is 0. The van der Waals surface area contributed by atoms with Gasteiger partial charge in [0.1, 0.15) is 5.82 Å². The number of hydrogen-bond acceptors (Lipinski definition) is 3. The van der Waals surface area contributed by atoms with Crippen LogP contribution in [0.15, 0.2) is 36.4 Å². The highest BCUT2D eigenvalue weighted by molar-refractivity contribution is 5.54. The largest absolute Gasteiger partial charge is 0.399 e. The quantitative estimate of drug-likeness (QED) is 0.820. The van der Waals surface area contributed by atoms with Crippen molar-refractivity contribution >= 4 is 11.4 Å². The van der Waals surface area contributed by atoms with E-state index in [-0.39, 0.29) is 6.04 Å². The van der Waals surface area contributed by atoms with Gasteiger partial charge in [0.05, 0.1) is 17.7 Å². The molecule has 0 amide bonds. The van der Waals surface area contributed by atoms with E-state index in [2.05, 4.69) is 5.32 Å². The van der Waals surface area contributed by atoms with Crippen LogP contribution in [0.1, 0.15) is 29.2 Å². The highest BCUT2D eigenvalue weighted by Gasteiger charge is 2.22. The fourth-order valence-corrected chi connectivity index (χ4v) is 2.73. The molecule has 0 heterocycles. The van der Waals surface area contributed by atoms with E-state index in [1.165, 1.54) is 23.3 Å². The topological polar surface area (TPSA) is 61.8 Å². The first kappa shape index (κ1) is 12.5. The minimum Gasteiger partial charge on any atom is -0.399 e. The van der Waals surface area contributed by atoms with Gasteiger partial charge >= 0.3 is 0 Å². The van der Waals surface area contributed by atoms with Gasteiger partial charge in [0.25, 0.3) is 0 Å². The molecule has 100 valence electrons. The second-order valence-corrected chi connectivity index (χ2v) is 5.03. The number of fused-ring (bicyclic) bond motifs is 1. The Morgan fingerprint density at radius 2 is 2.10 bits per heavy atom. The van der Waals surface area contributed by atoms with E-state index >= 15 is 0 Å². The molecule has 0 radical (unpaired) electrons. The van der Waals surface area contributed by atoms with Crippen molar-refractivity contribution in [3.63, 3.8) is 0 Å². The summed E-state index contributed by atoms with van der Waals surface area (Å²) >= 11 is 0. The first-order valence-corrected chi connectivity index (χ1v) is 6.51. The molecule has 1 unspecified atom stereocenters. The van der Waals surface area contributed by atoms with Crippen LogP contribution in [0.2, 0.25) is 0 Å². The van der Waals surface area contributed by atoms with Gasteiger partial charge in [-0.2, -0.15) is 5.26 Å². The zero-order valence-corrected chi connectivity index (χ0v) is 10.9. The molecule has 0 bridgehead atoms. The normalized spacial score (nSPS) is 16.5. The van der Waals surface area contributed by atoms with Gasteiger partial charge in [-0.1, -0.05) is 6.07 Å². The summed E-state index contributed by atoms with van der Waals surface area (Å²) in [7, 11) is 0. The predicted molar refractivity (Wildman–Crippen MR) is 76.7 cm³/mol. The van der Waals surface area contributed by atoms with Crippen LogP contribution in [0.3, 0.4) is 0 Å². The molecule has 0 fully saturated rings. The van der Waals surface area contributed by atoms with E-state index in [1.54, 1.807) is 6.07 Å². The van der Waals surface area contributed by atoms with Crippen LogP contribution in [0, 0.1) is 17.1 Å². The van der Waals surface area contributed by atoms with Gasteiger partial charge in [0, 0.05) is 11.4 Å². The minimum atomic E-state index is -0.401. The molecule has 1 aliphatic carbocycles. The maximum atomic E-state index is 13.4. The van der Waals surface area contributed by atoms with Gasteiger partial charge in [0.2, 0.25) is 0 Å². The Balaban J connectivity index is 1.88. The van der Waals surface area contributed by atoms with Crippen molar-refractivity contribution in [1.82, 2.24) is 0 Å². The standard InChI is InChI=1S/C16H14FN3/c17-12-5-10(9-18)6-14(8-12)20-16-4-1-11-7-13(19)2-3-15(11)16/h2-3,5-8,16,20H,1,4,19H2. The molecule has 2 aromatic carbocycles. The average molecular weight is 267 g/mol. The zero-order valence-electron chi connectivity index (χ0n) is 10.9. The number of rotatable bonds is 2. The van der Waals surface area contributed by atoms with E-state index in [4.69, 9.17) is 11.0 Å². The lowest BCUT2D eigenvalue weighted by molar-refractivity contribution is 0.627. The lowest BCUT2D eigenvalue weighted by Gasteiger charge is -2.16. The van der Waals surface area contributed by atoms with Gasteiger partial charge < -0.3 is 11.1 Å². The Morgan fingerprint density at radius 3 is 2.90 bits per heavy atom. The lowest BCUT2D eigenvalue weighted by Crippen LogP contribution is -2.07. The number of benzene rings is 2. The maximum Gasteiger partial charge on any atom is 0.126 e. The molecular weight excluding hydrogens is 253 g/mol. The number of hydrogen-bond donors (Lipinski definition) is 2. The van der Waals surface area contributed by atoms with Crippen molar-refractivity contribution in [3.8, 4) is 6.07 Å². The first-order chi connectivity index (χ1) is 9.65. The Labute approximate surface area is 116 Å². The number of halogens is 1.